The van der Waals surface area contributed by atoms with Crippen LogP contribution in [0.4, 0.5) is 5.69 Å². The van der Waals surface area contributed by atoms with Crippen LogP contribution in [0.3, 0.4) is 0 Å². The summed E-state index contributed by atoms with van der Waals surface area (Å²) in [4.78, 5) is 30.0. The van der Waals surface area contributed by atoms with Crippen LogP contribution in [0.25, 0.3) is 0 Å². The maximum atomic E-state index is 14.6. The average molecular weight is 741 g/mol. The molecule has 4 aromatic rings. The van der Waals surface area contributed by atoms with Gasteiger partial charge >= 0.3 is 0 Å². The molecule has 0 saturated carbocycles. The molecule has 4 rings (SSSR count). The van der Waals surface area contributed by atoms with E-state index < -0.39 is 34.1 Å². The second-order valence-corrected chi connectivity index (χ2v) is 15.2. The fraction of sp³-hybridized carbons (Fsp3) is 0.278. The van der Waals surface area contributed by atoms with Crippen LogP contribution < -0.4 is 14.4 Å². The number of hydrogen-bond acceptors (Lipinski definition) is 5. The van der Waals surface area contributed by atoms with Crippen molar-refractivity contribution in [3.63, 3.8) is 0 Å². The molecule has 0 heterocycles. The highest BCUT2D eigenvalue weighted by Gasteiger charge is 2.35. The highest BCUT2D eigenvalue weighted by atomic mass is 79.9. The van der Waals surface area contributed by atoms with Gasteiger partial charge in [0.1, 0.15) is 18.3 Å². The molecule has 0 bridgehead atoms. The summed E-state index contributed by atoms with van der Waals surface area (Å²) in [7, 11) is -4.26. The number of sulfonamides is 1. The van der Waals surface area contributed by atoms with Gasteiger partial charge in [-0.1, -0.05) is 70.0 Å². The van der Waals surface area contributed by atoms with Crippen LogP contribution in [-0.2, 0) is 32.6 Å². The van der Waals surface area contributed by atoms with E-state index in [1.807, 2.05) is 82.3 Å². The number of nitrogens with one attached hydrogen (secondary N) is 1. The molecule has 0 aromatic heterocycles. The molecule has 0 aliphatic carbocycles. The lowest BCUT2D eigenvalue weighted by Gasteiger charge is -2.35. The molecular formula is C36H39BrClN3O5S. The maximum absolute atomic E-state index is 14.6. The lowest BCUT2D eigenvalue weighted by molar-refractivity contribution is -0.140. The Morgan fingerprint density at radius 1 is 0.872 bits per heavy atom. The van der Waals surface area contributed by atoms with E-state index in [9.17, 15) is 18.0 Å². The molecule has 47 heavy (non-hydrogen) atoms. The summed E-state index contributed by atoms with van der Waals surface area (Å²) in [6.45, 7) is 7.41. The number of carbonyl (C=O) groups is 2. The van der Waals surface area contributed by atoms with Crippen molar-refractivity contribution in [2.75, 3.05) is 17.5 Å². The highest BCUT2D eigenvalue weighted by molar-refractivity contribution is 9.10. The van der Waals surface area contributed by atoms with Crippen LogP contribution in [0.2, 0.25) is 5.02 Å². The molecule has 4 aromatic carbocycles. The summed E-state index contributed by atoms with van der Waals surface area (Å²) >= 11 is 9.53. The topological polar surface area (TPSA) is 96.0 Å². The number of amides is 2. The monoisotopic (exact) mass is 739 g/mol. The second-order valence-electron chi connectivity index (χ2n) is 12.0. The fourth-order valence-electron chi connectivity index (χ4n) is 4.93. The second kappa shape index (κ2) is 15.8. The lowest BCUT2D eigenvalue weighted by atomic mass is 10.0. The van der Waals surface area contributed by atoms with Crippen molar-refractivity contribution in [3.8, 4) is 5.75 Å². The maximum Gasteiger partial charge on any atom is 0.264 e. The van der Waals surface area contributed by atoms with E-state index in [0.717, 1.165) is 19.9 Å². The first-order chi connectivity index (χ1) is 22.3. The van der Waals surface area contributed by atoms with Crippen molar-refractivity contribution in [1.82, 2.24) is 10.2 Å². The first-order valence-electron chi connectivity index (χ1n) is 15.2. The van der Waals surface area contributed by atoms with E-state index in [1.165, 1.54) is 29.2 Å². The zero-order valence-electron chi connectivity index (χ0n) is 26.8. The Morgan fingerprint density at radius 3 is 2.06 bits per heavy atom. The summed E-state index contributed by atoms with van der Waals surface area (Å²) in [6.07, 6.45) is 0.220. The van der Waals surface area contributed by atoms with Gasteiger partial charge in [-0.3, -0.25) is 13.9 Å². The minimum Gasteiger partial charge on any atom is -0.494 e. The summed E-state index contributed by atoms with van der Waals surface area (Å²) in [6, 6.07) is 28.2. The first kappa shape index (κ1) is 36.0. The Kier molecular flexibility index (Phi) is 12.1. The van der Waals surface area contributed by atoms with Gasteiger partial charge in [0, 0.05) is 28.0 Å². The molecule has 0 aliphatic heterocycles. The van der Waals surface area contributed by atoms with Crippen molar-refractivity contribution >= 4 is 55.1 Å². The van der Waals surface area contributed by atoms with E-state index in [4.69, 9.17) is 16.3 Å². The van der Waals surface area contributed by atoms with E-state index in [2.05, 4.69) is 21.2 Å². The summed E-state index contributed by atoms with van der Waals surface area (Å²) in [5.74, 6) is -0.339. The summed E-state index contributed by atoms with van der Waals surface area (Å²) in [5, 5.41) is 3.41. The minimum absolute atomic E-state index is 0.0330. The van der Waals surface area contributed by atoms with Crippen molar-refractivity contribution in [2.45, 2.75) is 57.1 Å². The van der Waals surface area contributed by atoms with Gasteiger partial charge < -0.3 is 15.0 Å². The quantitative estimate of drug-likeness (QED) is 0.156. The van der Waals surface area contributed by atoms with Crippen molar-refractivity contribution in [1.29, 1.82) is 0 Å². The number of ether oxygens (including phenoxy) is 1. The zero-order chi connectivity index (χ0) is 34.2. The van der Waals surface area contributed by atoms with Crippen LogP contribution in [0.5, 0.6) is 5.75 Å². The Bertz CT molecular complexity index is 1750. The van der Waals surface area contributed by atoms with Crippen molar-refractivity contribution < 1.29 is 22.7 Å². The van der Waals surface area contributed by atoms with E-state index >= 15 is 0 Å². The standard InChI is InChI=1S/C36H39BrClN3O5S/c1-5-46-31-19-17-30(18-20-31)41(47(44,45)32-21-15-29(38)16-22-32)25-34(42)40(24-27-11-13-28(37)14-12-27)33(35(43)39-36(2,3)4)23-26-9-7-6-8-10-26/h6-22,33H,5,23-25H2,1-4H3,(H,39,43). The summed E-state index contributed by atoms with van der Waals surface area (Å²) in [5.41, 5.74) is 1.31. The third-order valence-electron chi connectivity index (χ3n) is 7.15. The number of anilines is 1. The number of benzene rings is 4. The van der Waals surface area contributed by atoms with Crippen LogP contribution in [-0.4, -0.2) is 49.9 Å². The number of carbonyl (C=O) groups excluding carboxylic acids is 2. The van der Waals surface area contributed by atoms with E-state index in [0.29, 0.717) is 17.4 Å². The lowest BCUT2D eigenvalue weighted by Crippen LogP contribution is -2.56. The number of halogens is 2. The molecule has 0 fully saturated rings. The molecule has 0 aliphatic rings. The van der Waals surface area contributed by atoms with Gasteiger partial charge in [0.05, 0.1) is 17.2 Å². The predicted molar refractivity (Wildman–Crippen MR) is 190 cm³/mol. The molecule has 248 valence electrons. The minimum atomic E-state index is -4.26. The van der Waals surface area contributed by atoms with Gasteiger partial charge in [-0.15, -0.1) is 0 Å². The third kappa shape index (κ3) is 10.1. The zero-order valence-corrected chi connectivity index (χ0v) is 30.0. The van der Waals surface area contributed by atoms with Gasteiger partial charge in [0.25, 0.3) is 10.0 Å². The van der Waals surface area contributed by atoms with Gasteiger partial charge in [-0.2, -0.15) is 0 Å². The first-order valence-corrected chi connectivity index (χ1v) is 17.8. The van der Waals surface area contributed by atoms with Crippen molar-refractivity contribution in [3.05, 3.63) is 124 Å². The number of hydrogen-bond donors (Lipinski definition) is 1. The molecule has 0 saturated heterocycles. The average Bonchev–Trinajstić information content (AvgIpc) is 3.03. The molecule has 1 atom stereocenters. The molecule has 1 unspecified atom stereocenters. The molecule has 2 amide bonds. The molecule has 8 nitrogen and oxygen atoms in total. The Labute approximate surface area is 290 Å². The largest absolute Gasteiger partial charge is 0.494 e. The molecule has 11 heteroatoms. The van der Waals surface area contributed by atoms with Crippen LogP contribution >= 0.6 is 27.5 Å². The van der Waals surface area contributed by atoms with E-state index in [1.54, 1.807) is 24.3 Å². The molecular weight excluding hydrogens is 702 g/mol. The third-order valence-corrected chi connectivity index (χ3v) is 9.72. The fourth-order valence-corrected chi connectivity index (χ4v) is 6.74. The SMILES string of the molecule is CCOc1ccc(N(CC(=O)N(Cc2ccc(Br)cc2)C(Cc2ccccc2)C(=O)NC(C)(C)C)S(=O)(=O)c2ccc(Cl)cc2)cc1. The van der Waals surface area contributed by atoms with Gasteiger partial charge in [-0.25, -0.2) is 8.42 Å². The Morgan fingerprint density at radius 2 is 1.49 bits per heavy atom. The smallest absolute Gasteiger partial charge is 0.264 e. The van der Waals surface area contributed by atoms with Crippen LogP contribution in [0.1, 0.15) is 38.8 Å². The predicted octanol–water partition coefficient (Wildman–Crippen LogP) is 7.25. The van der Waals surface area contributed by atoms with Crippen molar-refractivity contribution in [2.24, 2.45) is 0 Å². The molecule has 0 spiro atoms. The van der Waals surface area contributed by atoms with Gasteiger partial charge in [0.2, 0.25) is 11.8 Å². The Balaban J connectivity index is 1.81. The van der Waals surface area contributed by atoms with Gasteiger partial charge in [-0.05, 0) is 99.5 Å². The highest BCUT2D eigenvalue weighted by Crippen LogP contribution is 2.28. The van der Waals surface area contributed by atoms with Crippen LogP contribution in [0, 0.1) is 0 Å². The number of rotatable bonds is 13. The van der Waals surface area contributed by atoms with Gasteiger partial charge in [0.15, 0.2) is 0 Å². The van der Waals surface area contributed by atoms with E-state index in [-0.39, 0.29) is 29.5 Å². The normalized spacial score (nSPS) is 12.2. The molecule has 1 N–H and O–H groups in total. The Hall–Kier alpha value is -3.86. The summed E-state index contributed by atoms with van der Waals surface area (Å²) < 4.78 is 35.9. The van der Waals surface area contributed by atoms with Crippen LogP contribution in [0.15, 0.2) is 112 Å². The number of nitrogens with zero attached hydrogens (tertiary/aromatic N) is 2. The molecule has 0 radical (unpaired) electrons.